The molecule has 0 saturated heterocycles. The van der Waals surface area contributed by atoms with Crippen molar-refractivity contribution in [1.82, 2.24) is 4.90 Å². The lowest BCUT2D eigenvalue weighted by atomic mass is 10.1. The van der Waals surface area contributed by atoms with Gasteiger partial charge in [0.2, 0.25) is 0 Å². The largest absolute Gasteiger partial charge is 0.508 e. The molecule has 0 aromatic heterocycles. The molecule has 2 nitrogen and oxygen atoms in total. The number of hydrogen-bond acceptors (Lipinski definition) is 2. The zero-order chi connectivity index (χ0) is 11.4. The van der Waals surface area contributed by atoms with Gasteiger partial charge in [-0.3, -0.25) is 4.90 Å². The molecule has 0 bridgehead atoms. The van der Waals surface area contributed by atoms with Crippen molar-refractivity contribution in [1.29, 1.82) is 0 Å². The van der Waals surface area contributed by atoms with Gasteiger partial charge >= 0.3 is 0 Å². The predicted molar refractivity (Wildman–Crippen MR) is 59.4 cm³/mol. The molecular weight excluding hydrogens is 193 g/mol. The van der Waals surface area contributed by atoms with Crippen LogP contribution in [0.5, 0.6) is 5.75 Å². The summed E-state index contributed by atoms with van der Waals surface area (Å²) >= 11 is 0. The van der Waals surface area contributed by atoms with E-state index in [1.807, 2.05) is 6.92 Å². The predicted octanol–water partition coefficient (Wildman–Crippen LogP) is 2.93. The molecule has 0 aliphatic heterocycles. The highest BCUT2D eigenvalue weighted by atomic mass is 19.1. The van der Waals surface area contributed by atoms with Crippen molar-refractivity contribution in [2.24, 2.45) is 0 Å². The Morgan fingerprint density at radius 2 is 1.93 bits per heavy atom. The number of halogens is 1. The van der Waals surface area contributed by atoms with Crippen LogP contribution in [0, 0.1) is 5.82 Å². The molecule has 15 heavy (non-hydrogen) atoms. The van der Waals surface area contributed by atoms with Gasteiger partial charge in [-0.25, -0.2) is 4.39 Å². The molecule has 0 amide bonds. The lowest BCUT2D eigenvalue weighted by Gasteiger charge is -2.27. The number of aromatic hydroxyl groups is 1. The minimum Gasteiger partial charge on any atom is -0.508 e. The molecule has 3 heteroatoms. The summed E-state index contributed by atoms with van der Waals surface area (Å²) in [6.45, 7) is 7.98. The average Bonchev–Trinajstić information content (AvgIpc) is 2.19. The molecule has 1 unspecified atom stereocenters. The molecule has 1 aromatic rings. The highest BCUT2D eigenvalue weighted by Gasteiger charge is 2.15. The second kappa shape index (κ2) is 5.12. The van der Waals surface area contributed by atoms with Gasteiger partial charge < -0.3 is 5.11 Å². The Labute approximate surface area is 90.3 Å². The molecule has 0 radical (unpaired) electrons. The van der Waals surface area contributed by atoms with Crippen LogP contribution in [0.2, 0.25) is 0 Å². The zero-order valence-electron chi connectivity index (χ0n) is 9.50. The van der Waals surface area contributed by atoms with E-state index in [9.17, 15) is 9.50 Å². The number of nitrogens with zero attached hydrogens (tertiary/aromatic N) is 1. The fraction of sp³-hybridized carbons (Fsp3) is 0.500. The highest BCUT2D eigenvalue weighted by Crippen LogP contribution is 2.28. The third kappa shape index (κ3) is 2.69. The number of hydrogen-bond donors (Lipinski definition) is 1. The van der Waals surface area contributed by atoms with Crippen LogP contribution in [0.15, 0.2) is 18.2 Å². The SMILES string of the molecule is CCN(CC)C(C)c1ccc(F)cc1O. The summed E-state index contributed by atoms with van der Waals surface area (Å²) in [6.07, 6.45) is 0. The number of phenolic OH excluding ortho intramolecular Hbond substituents is 1. The Hall–Kier alpha value is -1.09. The first-order valence-corrected chi connectivity index (χ1v) is 5.32. The summed E-state index contributed by atoms with van der Waals surface area (Å²) in [4.78, 5) is 2.20. The van der Waals surface area contributed by atoms with Gasteiger partial charge in [-0.05, 0) is 26.1 Å². The molecule has 84 valence electrons. The molecule has 0 heterocycles. The van der Waals surface area contributed by atoms with Crippen molar-refractivity contribution in [3.63, 3.8) is 0 Å². The van der Waals surface area contributed by atoms with Gasteiger partial charge in [0.1, 0.15) is 11.6 Å². The molecular formula is C12H18FNO. The van der Waals surface area contributed by atoms with E-state index in [0.717, 1.165) is 24.7 Å². The Morgan fingerprint density at radius 1 is 1.33 bits per heavy atom. The van der Waals surface area contributed by atoms with Crippen molar-refractivity contribution in [3.8, 4) is 5.75 Å². The van der Waals surface area contributed by atoms with Crippen molar-refractivity contribution in [2.75, 3.05) is 13.1 Å². The maximum Gasteiger partial charge on any atom is 0.126 e. The maximum absolute atomic E-state index is 12.8. The summed E-state index contributed by atoms with van der Waals surface area (Å²) in [5.41, 5.74) is 0.778. The minimum absolute atomic E-state index is 0.0365. The van der Waals surface area contributed by atoms with Gasteiger partial charge in [0.15, 0.2) is 0 Å². The van der Waals surface area contributed by atoms with E-state index in [2.05, 4.69) is 18.7 Å². The molecule has 1 rings (SSSR count). The molecule has 0 spiro atoms. The van der Waals surface area contributed by atoms with Crippen LogP contribution in [0.4, 0.5) is 4.39 Å². The smallest absolute Gasteiger partial charge is 0.126 e. The number of rotatable bonds is 4. The fourth-order valence-electron chi connectivity index (χ4n) is 1.84. The van der Waals surface area contributed by atoms with E-state index in [4.69, 9.17) is 0 Å². The van der Waals surface area contributed by atoms with Gasteiger partial charge in [-0.1, -0.05) is 19.9 Å². The van der Waals surface area contributed by atoms with Crippen LogP contribution >= 0.6 is 0 Å². The minimum atomic E-state index is -0.400. The fourth-order valence-corrected chi connectivity index (χ4v) is 1.84. The third-order valence-electron chi connectivity index (χ3n) is 2.80. The summed E-state index contributed by atoms with van der Waals surface area (Å²) in [5.74, 6) is -0.364. The molecule has 0 aliphatic carbocycles. The van der Waals surface area contributed by atoms with E-state index in [0.29, 0.717) is 0 Å². The first-order chi connectivity index (χ1) is 7.10. The van der Waals surface area contributed by atoms with Crippen LogP contribution in [0.3, 0.4) is 0 Å². The van der Waals surface area contributed by atoms with Crippen LogP contribution < -0.4 is 0 Å². The zero-order valence-corrected chi connectivity index (χ0v) is 9.50. The molecule has 1 aromatic carbocycles. The van der Waals surface area contributed by atoms with Gasteiger partial charge in [0.05, 0.1) is 0 Å². The lowest BCUT2D eigenvalue weighted by Crippen LogP contribution is -2.26. The van der Waals surface area contributed by atoms with Crippen LogP contribution in [0.1, 0.15) is 32.4 Å². The van der Waals surface area contributed by atoms with E-state index >= 15 is 0 Å². The Bertz CT molecular complexity index is 323. The summed E-state index contributed by atoms with van der Waals surface area (Å²) in [7, 11) is 0. The van der Waals surface area contributed by atoms with Crippen LogP contribution in [-0.4, -0.2) is 23.1 Å². The molecule has 0 aliphatic rings. The van der Waals surface area contributed by atoms with Gasteiger partial charge in [0.25, 0.3) is 0 Å². The Morgan fingerprint density at radius 3 is 2.40 bits per heavy atom. The Kier molecular flexibility index (Phi) is 4.09. The molecule has 1 N–H and O–H groups in total. The van der Waals surface area contributed by atoms with Gasteiger partial charge in [-0.15, -0.1) is 0 Å². The average molecular weight is 211 g/mol. The number of phenols is 1. The molecule has 0 fully saturated rings. The summed E-state index contributed by atoms with van der Waals surface area (Å²) < 4.78 is 12.8. The van der Waals surface area contributed by atoms with E-state index in [-0.39, 0.29) is 11.8 Å². The van der Waals surface area contributed by atoms with E-state index in [1.165, 1.54) is 6.07 Å². The van der Waals surface area contributed by atoms with Crippen molar-refractivity contribution in [3.05, 3.63) is 29.6 Å². The first-order valence-electron chi connectivity index (χ1n) is 5.32. The summed E-state index contributed by atoms with van der Waals surface area (Å²) in [5, 5.41) is 9.64. The monoisotopic (exact) mass is 211 g/mol. The third-order valence-corrected chi connectivity index (χ3v) is 2.80. The lowest BCUT2D eigenvalue weighted by molar-refractivity contribution is 0.230. The molecule has 1 atom stereocenters. The highest BCUT2D eigenvalue weighted by molar-refractivity contribution is 5.34. The van der Waals surface area contributed by atoms with Crippen molar-refractivity contribution in [2.45, 2.75) is 26.8 Å². The first kappa shape index (κ1) is 12.0. The second-order valence-corrected chi connectivity index (χ2v) is 3.60. The van der Waals surface area contributed by atoms with E-state index in [1.54, 1.807) is 6.07 Å². The Balaban J connectivity index is 2.94. The normalized spacial score (nSPS) is 13.1. The van der Waals surface area contributed by atoms with Crippen molar-refractivity contribution >= 4 is 0 Å². The quantitative estimate of drug-likeness (QED) is 0.827. The van der Waals surface area contributed by atoms with Gasteiger partial charge in [-0.2, -0.15) is 0 Å². The standard InChI is InChI=1S/C12H18FNO/c1-4-14(5-2)9(3)11-7-6-10(13)8-12(11)15/h6-9,15H,4-5H2,1-3H3. The van der Waals surface area contributed by atoms with Gasteiger partial charge in [0, 0.05) is 17.7 Å². The topological polar surface area (TPSA) is 23.5 Å². The summed E-state index contributed by atoms with van der Waals surface area (Å²) in [6, 6.07) is 4.30. The molecule has 0 saturated carbocycles. The second-order valence-electron chi connectivity index (χ2n) is 3.60. The van der Waals surface area contributed by atoms with Crippen LogP contribution in [-0.2, 0) is 0 Å². The van der Waals surface area contributed by atoms with E-state index < -0.39 is 5.82 Å². The van der Waals surface area contributed by atoms with Crippen molar-refractivity contribution < 1.29 is 9.50 Å². The number of benzene rings is 1. The van der Waals surface area contributed by atoms with Crippen LogP contribution in [0.25, 0.3) is 0 Å². The maximum atomic E-state index is 12.8.